The highest BCUT2D eigenvalue weighted by Gasteiger charge is 2.07. The molecule has 0 amide bonds. The van der Waals surface area contributed by atoms with Crippen LogP contribution < -0.4 is 10.1 Å². The molecular weight excluding hydrogens is 238 g/mol. The predicted octanol–water partition coefficient (Wildman–Crippen LogP) is 2.54. The van der Waals surface area contributed by atoms with Gasteiger partial charge >= 0.3 is 0 Å². The number of benzene rings is 1. The predicted molar refractivity (Wildman–Crippen MR) is 76.2 cm³/mol. The Hall–Kier alpha value is -1.81. The number of ether oxygens (including phenoxy) is 1. The molecule has 0 radical (unpaired) electrons. The van der Waals surface area contributed by atoms with Gasteiger partial charge in [-0.05, 0) is 38.1 Å². The summed E-state index contributed by atoms with van der Waals surface area (Å²) in [4.78, 5) is 0. The first kappa shape index (κ1) is 13.6. The van der Waals surface area contributed by atoms with E-state index in [1.807, 2.05) is 54.3 Å². The summed E-state index contributed by atoms with van der Waals surface area (Å²) in [5.74, 6) is 0.933. The molecule has 0 saturated heterocycles. The van der Waals surface area contributed by atoms with Crippen LogP contribution >= 0.6 is 0 Å². The molecule has 1 unspecified atom stereocenters. The quantitative estimate of drug-likeness (QED) is 0.777. The van der Waals surface area contributed by atoms with E-state index in [2.05, 4.69) is 17.3 Å². The van der Waals surface area contributed by atoms with Crippen molar-refractivity contribution in [2.45, 2.75) is 19.4 Å². The summed E-state index contributed by atoms with van der Waals surface area (Å²) >= 11 is 0. The van der Waals surface area contributed by atoms with E-state index in [-0.39, 0.29) is 0 Å². The standard InChI is InChI=1S/C15H21N3O/c1-13(15-9-11-17-18(15)2)16-10-6-12-19-14-7-4-3-5-8-14/h3-5,7-9,11,13,16H,6,10,12H2,1-2H3. The molecule has 4 nitrogen and oxygen atoms in total. The molecule has 1 atom stereocenters. The maximum absolute atomic E-state index is 5.64. The van der Waals surface area contributed by atoms with E-state index >= 15 is 0 Å². The van der Waals surface area contributed by atoms with Crippen molar-refractivity contribution < 1.29 is 4.74 Å². The molecule has 0 spiro atoms. The molecule has 2 rings (SSSR count). The van der Waals surface area contributed by atoms with E-state index in [9.17, 15) is 0 Å². The van der Waals surface area contributed by atoms with Crippen molar-refractivity contribution in [2.75, 3.05) is 13.2 Å². The summed E-state index contributed by atoms with van der Waals surface area (Å²) < 4.78 is 7.55. The summed E-state index contributed by atoms with van der Waals surface area (Å²) in [6, 6.07) is 12.3. The Labute approximate surface area is 114 Å². The van der Waals surface area contributed by atoms with Crippen LogP contribution in [0.25, 0.3) is 0 Å². The number of aromatic nitrogens is 2. The first-order valence-electron chi connectivity index (χ1n) is 6.66. The van der Waals surface area contributed by atoms with Gasteiger partial charge in [-0.2, -0.15) is 5.10 Å². The highest BCUT2D eigenvalue weighted by Crippen LogP contribution is 2.10. The molecule has 2 aromatic rings. The number of para-hydroxylation sites is 1. The third-order valence-corrected chi connectivity index (χ3v) is 3.09. The zero-order chi connectivity index (χ0) is 13.5. The first-order valence-corrected chi connectivity index (χ1v) is 6.66. The second-order valence-electron chi connectivity index (χ2n) is 4.57. The van der Waals surface area contributed by atoms with Crippen molar-refractivity contribution in [3.8, 4) is 5.75 Å². The molecule has 19 heavy (non-hydrogen) atoms. The summed E-state index contributed by atoms with van der Waals surface area (Å²) in [5.41, 5.74) is 1.20. The van der Waals surface area contributed by atoms with Gasteiger partial charge in [-0.25, -0.2) is 0 Å². The van der Waals surface area contributed by atoms with Gasteiger partial charge < -0.3 is 10.1 Å². The Bertz CT molecular complexity index is 481. The fourth-order valence-electron chi connectivity index (χ4n) is 2.01. The van der Waals surface area contributed by atoms with Gasteiger partial charge in [0.2, 0.25) is 0 Å². The Kier molecular flexibility index (Phi) is 4.98. The number of hydrogen-bond acceptors (Lipinski definition) is 3. The smallest absolute Gasteiger partial charge is 0.119 e. The monoisotopic (exact) mass is 259 g/mol. The van der Waals surface area contributed by atoms with Gasteiger partial charge in [0.25, 0.3) is 0 Å². The van der Waals surface area contributed by atoms with E-state index in [0.29, 0.717) is 6.04 Å². The van der Waals surface area contributed by atoms with E-state index in [0.717, 1.165) is 25.3 Å². The van der Waals surface area contributed by atoms with Crippen LogP contribution in [0.5, 0.6) is 5.75 Å². The van der Waals surface area contributed by atoms with Gasteiger partial charge in [0.15, 0.2) is 0 Å². The summed E-state index contributed by atoms with van der Waals surface area (Å²) in [5, 5.41) is 7.65. The van der Waals surface area contributed by atoms with Crippen LogP contribution in [0.15, 0.2) is 42.6 Å². The number of hydrogen-bond donors (Lipinski definition) is 1. The van der Waals surface area contributed by atoms with E-state index in [4.69, 9.17) is 4.74 Å². The summed E-state index contributed by atoms with van der Waals surface area (Å²) in [6.07, 6.45) is 2.81. The molecule has 0 fully saturated rings. The molecule has 1 N–H and O–H groups in total. The Morgan fingerprint density at radius 3 is 2.74 bits per heavy atom. The molecule has 1 aromatic carbocycles. The average molecular weight is 259 g/mol. The molecule has 0 saturated carbocycles. The van der Waals surface area contributed by atoms with Gasteiger partial charge in [-0.1, -0.05) is 18.2 Å². The number of rotatable bonds is 7. The highest BCUT2D eigenvalue weighted by atomic mass is 16.5. The fourth-order valence-corrected chi connectivity index (χ4v) is 2.01. The van der Waals surface area contributed by atoms with Crippen LogP contribution in [-0.4, -0.2) is 22.9 Å². The van der Waals surface area contributed by atoms with Gasteiger partial charge in [0, 0.05) is 19.3 Å². The Balaban J connectivity index is 1.63. The molecule has 0 aliphatic heterocycles. The Morgan fingerprint density at radius 2 is 2.05 bits per heavy atom. The van der Waals surface area contributed by atoms with E-state index in [1.54, 1.807) is 0 Å². The normalized spacial score (nSPS) is 12.3. The molecule has 0 aliphatic carbocycles. The lowest BCUT2D eigenvalue weighted by Gasteiger charge is -2.14. The van der Waals surface area contributed by atoms with Crippen LogP contribution in [0.2, 0.25) is 0 Å². The van der Waals surface area contributed by atoms with Crippen molar-refractivity contribution >= 4 is 0 Å². The lowest BCUT2D eigenvalue weighted by atomic mass is 10.2. The van der Waals surface area contributed by atoms with Gasteiger partial charge in [0.1, 0.15) is 5.75 Å². The second kappa shape index (κ2) is 6.95. The number of nitrogens with one attached hydrogen (secondary N) is 1. The van der Waals surface area contributed by atoms with Crippen molar-refractivity contribution in [1.82, 2.24) is 15.1 Å². The van der Waals surface area contributed by atoms with Crippen LogP contribution in [0, 0.1) is 0 Å². The molecule has 102 valence electrons. The molecule has 4 heteroatoms. The van der Waals surface area contributed by atoms with E-state index < -0.39 is 0 Å². The topological polar surface area (TPSA) is 39.1 Å². The van der Waals surface area contributed by atoms with Crippen molar-refractivity contribution in [3.63, 3.8) is 0 Å². The van der Waals surface area contributed by atoms with Crippen molar-refractivity contribution in [2.24, 2.45) is 7.05 Å². The number of aryl methyl sites for hydroxylation is 1. The molecule has 0 aliphatic rings. The number of nitrogens with zero attached hydrogens (tertiary/aromatic N) is 2. The van der Waals surface area contributed by atoms with E-state index in [1.165, 1.54) is 5.69 Å². The second-order valence-corrected chi connectivity index (χ2v) is 4.57. The first-order chi connectivity index (χ1) is 9.27. The molecular formula is C15H21N3O. The van der Waals surface area contributed by atoms with Crippen LogP contribution in [0.4, 0.5) is 0 Å². The minimum atomic E-state index is 0.309. The van der Waals surface area contributed by atoms with Crippen LogP contribution in [0.3, 0.4) is 0 Å². The average Bonchev–Trinajstić information content (AvgIpc) is 2.86. The van der Waals surface area contributed by atoms with Crippen molar-refractivity contribution in [1.29, 1.82) is 0 Å². The molecule has 1 heterocycles. The highest BCUT2D eigenvalue weighted by molar-refractivity contribution is 5.20. The maximum Gasteiger partial charge on any atom is 0.119 e. The Morgan fingerprint density at radius 1 is 1.26 bits per heavy atom. The molecule has 0 bridgehead atoms. The summed E-state index contributed by atoms with van der Waals surface area (Å²) in [6.45, 7) is 3.81. The molecule has 1 aromatic heterocycles. The van der Waals surface area contributed by atoms with Gasteiger partial charge in [-0.15, -0.1) is 0 Å². The van der Waals surface area contributed by atoms with Gasteiger partial charge in [-0.3, -0.25) is 4.68 Å². The minimum absolute atomic E-state index is 0.309. The maximum atomic E-state index is 5.64. The lowest BCUT2D eigenvalue weighted by molar-refractivity contribution is 0.305. The largest absolute Gasteiger partial charge is 0.494 e. The third-order valence-electron chi connectivity index (χ3n) is 3.09. The SMILES string of the molecule is CC(NCCCOc1ccccc1)c1ccnn1C. The zero-order valence-electron chi connectivity index (χ0n) is 11.5. The van der Waals surface area contributed by atoms with Crippen molar-refractivity contribution in [3.05, 3.63) is 48.3 Å². The van der Waals surface area contributed by atoms with Gasteiger partial charge in [0.05, 0.1) is 12.3 Å². The lowest BCUT2D eigenvalue weighted by Crippen LogP contribution is -2.23. The van der Waals surface area contributed by atoms with Crippen LogP contribution in [0.1, 0.15) is 25.1 Å². The fraction of sp³-hybridized carbons (Fsp3) is 0.400. The zero-order valence-corrected chi connectivity index (χ0v) is 11.5. The minimum Gasteiger partial charge on any atom is -0.494 e. The van der Waals surface area contributed by atoms with Crippen LogP contribution in [-0.2, 0) is 7.05 Å². The summed E-state index contributed by atoms with van der Waals surface area (Å²) in [7, 11) is 1.96. The third kappa shape index (κ3) is 4.10.